The van der Waals surface area contributed by atoms with Crippen molar-refractivity contribution in [1.82, 2.24) is 0 Å². The number of hydrogen-bond donors (Lipinski definition) is 0. The quantitative estimate of drug-likeness (QED) is 0.532. The van der Waals surface area contributed by atoms with Crippen LogP contribution < -0.4 is 0 Å². The van der Waals surface area contributed by atoms with Crippen molar-refractivity contribution in [2.45, 2.75) is 39.9 Å². The molecule has 2 aliphatic heterocycles. The molecule has 72 valence electrons. The van der Waals surface area contributed by atoms with Gasteiger partial charge in [-0.1, -0.05) is 39.8 Å². The number of ether oxygens (including phenoxy) is 1. The Morgan fingerprint density at radius 2 is 1.46 bits per heavy atom. The van der Waals surface area contributed by atoms with Crippen LogP contribution in [-0.4, -0.2) is 18.0 Å². The second-order valence-electron chi connectivity index (χ2n) is 5.13. The molecule has 0 amide bonds. The Morgan fingerprint density at radius 1 is 1.08 bits per heavy atom. The predicted octanol–water partition coefficient (Wildman–Crippen LogP) is 1.95. The third-order valence-corrected chi connectivity index (χ3v) is 3.35. The highest BCUT2D eigenvalue weighted by Crippen LogP contribution is 2.46. The van der Waals surface area contributed by atoms with Crippen molar-refractivity contribution in [2.75, 3.05) is 0 Å². The van der Waals surface area contributed by atoms with E-state index in [-0.39, 0.29) is 23.0 Å². The largest absolute Gasteiger partial charge is 0.365 e. The molecule has 0 aromatic heterocycles. The lowest BCUT2D eigenvalue weighted by atomic mass is 9.68. The maximum atomic E-state index is 12.1. The van der Waals surface area contributed by atoms with Gasteiger partial charge in [0.25, 0.3) is 0 Å². The molecule has 2 heterocycles. The number of carbonyl (C=O) groups is 1. The summed E-state index contributed by atoms with van der Waals surface area (Å²) in [6, 6.07) is 0. The molecular weight excluding hydrogens is 164 g/mol. The summed E-state index contributed by atoms with van der Waals surface area (Å²) >= 11 is 0. The second-order valence-corrected chi connectivity index (χ2v) is 5.13. The molecule has 2 bridgehead atoms. The van der Waals surface area contributed by atoms with E-state index in [2.05, 4.69) is 0 Å². The molecule has 2 heteroatoms. The van der Waals surface area contributed by atoms with Gasteiger partial charge in [-0.05, 0) is 0 Å². The molecule has 13 heavy (non-hydrogen) atoms. The van der Waals surface area contributed by atoms with Crippen LogP contribution >= 0.6 is 0 Å². The molecule has 0 aromatic rings. The van der Waals surface area contributed by atoms with E-state index < -0.39 is 0 Å². The summed E-state index contributed by atoms with van der Waals surface area (Å²) in [5, 5.41) is 0. The fraction of sp³-hybridized carbons (Fsp3) is 0.727. The zero-order valence-electron chi connectivity index (χ0n) is 8.63. The highest BCUT2D eigenvalue weighted by Gasteiger charge is 2.55. The lowest BCUT2D eigenvalue weighted by molar-refractivity contribution is -0.166. The third-order valence-electron chi connectivity index (χ3n) is 3.35. The maximum Gasteiger partial charge on any atom is 0.149 e. The van der Waals surface area contributed by atoms with Crippen LogP contribution in [0.2, 0.25) is 0 Å². The monoisotopic (exact) mass is 180 g/mol. The Hall–Kier alpha value is -0.630. The SMILES string of the molecule is CC1(C)C(=O)C(C)(C)C2C=CC1O2. The van der Waals surface area contributed by atoms with Crippen LogP contribution in [0.15, 0.2) is 12.2 Å². The van der Waals surface area contributed by atoms with Gasteiger partial charge in [-0.2, -0.15) is 0 Å². The summed E-state index contributed by atoms with van der Waals surface area (Å²) in [5.41, 5.74) is -0.736. The molecular formula is C11H16O2. The molecule has 2 atom stereocenters. The van der Waals surface area contributed by atoms with Crippen LogP contribution in [0.1, 0.15) is 27.7 Å². The van der Waals surface area contributed by atoms with Crippen LogP contribution in [0, 0.1) is 10.8 Å². The standard InChI is InChI=1S/C11H16O2/c1-10(2)7-5-6-8(13-7)11(3,4)9(10)12/h5-8H,1-4H3. The Balaban J connectivity index is 2.47. The van der Waals surface area contributed by atoms with Gasteiger partial charge in [0.15, 0.2) is 0 Å². The molecule has 0 N–H and O–H groups in total. The molecule has 2 nitrogen and oxygen atoms in total. The number of rotatable bonds is 0. The van der Waals surface area contributed by atoms with Crippen molar-refractivity contribution in [3.8, 4) is 0 Å². The minimum absolute atomic E-state index is 0.0157. The number of hydrogen-bond acceptors (Lipinski definition) is 2. The smallest absolute Gasteiger partial charge is 0.149 e. The fourth-order valence-corrected chi connectivity index (χ4v) is 2.36. The number of ketones is 1. The fourth-order valence-electron chi connectivity index (χ4n) is 2.36. The molecule has 2 aliphatic rings. The average Bonchev–Trinajstić information content (AvgIpc) is 2.48. The number of Topliss-reactive ketones (excluding diaryl/α,β-unsaturated/α-hetero) is 1. The van der Waals surface area contributed by atoms with E-state index in [9.17, 15) is 4.79 Å². The summed E-state index contributed by atoms with van der Waals surface area (Å²) in [7, 11) is 0. The predicted molar refractivity (Wildman–Crippen MR) is 50.4 cm³/mol. The minimum atomic E-state index is -0.368. The van der Waals surface area contributed by atoms with E-state index >= 15 is 0 Å². The van der Waals surface area contributed by atoms with Gasteiger partial charge in [-0.3, -0.25) is 4.79 Å². The zero-order valence-corrected chi connectivity index (χ0v) is 8.63. The first kappa shape index (κ1) is 8.95. The summed E-state index contributed by atoms with van der Waals surface area (Å²) in [6.07, 6.45) is 4.02. The summed E-state index contributed by atoms with van der Waals surface area (Å²) in [6.45, 7) is 7.86. The Labute approximate surface area is 79.0 Å². The molecule has 2 rings (SSSR count). The van der Waals surface area contributed by atoms with Gasteiger partial charge in [0.1, 0.15) is 5.78 Å². The first-order chi connectivity index (χ1) is 5.87. The van der Waals surface area contributed by atoms with Crippen molar-refractivity contribution in [2.24, 2.45) is 10.8 Å². The highest BCUT2D eigenvalue weighted by molar-refractivity contribution is 5.92. The molecule has 1 saturated heterocycles. The second kappa shape index (κ2) is 2.24. The molecule has 0 saturated carbocycles. The molecule has 0 aliphatic carbocycles. The normalized spacial score (nSPS) is 39.5. The van der Waals surface area contributed by atoms with E-state index in [1.807, 2.05) is 39.8 Å². The Bertz CT molecular complexity index is 260. The molecule has 0 radical (unpaired) electrons. The number of carbonyl (C=O) groups excluding carboxylic acids is 1. The van der Waals surface area contributed by atoms with E-state index in [1.165, 1.54) is 0 Å². The topological polar surface area (TPSA) is 26.3 Å². The molecule has 2 unspecified atom stereocenters. The van der Waals surface area contributed by atoms with E-state index in [0.717, 1.165) is 0 Å². The van der Waals surface area contributed by atoms with E-state index in [1.54, 1.807) is 0 Å². The number of fused-ring (bicyclic) bond motifs is 2. The van der Waals surface area contributed by atoms with Crippen molar-refractivity contribution >= 4 is 5.78 Å². The van der Waals surface area contributed by atoms with Crippen LogP contribution in [0.4, 0.5) is 0 Å². The maximum absolute atomic E-state index is 12.1. The van der Waals surface area contributed by atoms with Crippen molar-refractivity contribution in [3.63, 3.8) is 0 Å². The first-order valence-electron chi connectivity index (χ1n) is 4.75. The van der Waals surface area contributed by atoms with Gasteiger partial charge in [0.05, 0.1) is 23.0 Å². The van der Waals surface area contributed by atoms with Crippen LogP contribution in [0.3, 0.4) is 0 Å². The summed E-state index contributed by atoms with van der Waals surface area (Å²) < 4.78 is 5.77. The van der Waals surface area contributed by atoms with Gasteiger partial charge >= 0.3 is 0 Å². The van der Waals surface area contributed by atoms with Gasteiger partial charge < -0.3 is 4.74 Å². The average molecular weight is 180 g/mol. The minimum Gasteiger partial charge on any atom is -0.365 e. The van der Waals surface area contributed by atoms with E-state index in [0.29, 0.717) is 5.78 Å². The lowest BCUT2D eigenvalue weighted by Gasteiger charge is -2.44. The lowest BCUT2D eigenvalue weighted by Crippen LogP contribution is -2.54. The highest BCUT2D eigenvalue weighted by atomic mass is 16.5. The van der Waals surface area contributed by atoms with Crippen molar-refractivity contribution < 1.29 is 9.53 Å². The van der Waals surface area contributed by atoms with Crippen LogP contribution in [-0.2, 0) is 9.53 Å². The first-order valence-corrected chi connectivity index (χ1v) is 4.75. The Morgan fingerprint density at radius 3 is 1.85 bits per heavy atom. The zero-order chi connectivity index (χ0) is 9.85. The third kappa shape index (κ3) is 0.953. The van der Waals surface area contributed by atoms with E-state index in [4.69, 9.17) is 4.74 Å². The molecule has 0 aromatic carbocycles. The van der Waals surface area contributed by atoms with Crippen LogP contribution in [0.25, 0.3) is 0 Å². The van der Waals surface area contributed by atoms with Gasteiger partial charge in [-0.25, -0.2) is 0 Å². The van der Waals surface area contributed by atoms with Crippen molar-refractivity contribution in [1.29, 1.82) is 0 Å². The molecule has 1 fully saturated rings. The van der Waals surface area contributed by atoms with Gasteiger partial charge in [0, 0.05) is 0 Å². The summed E-state index contributed by atoms with van der Waals surface area (Å²) in [5.74, 6) is 0.311. The molecule has 0 spiro atoms. The van der Waals surface area contributed by atoms with Crippen LogP contribution in [0.5, 0.6) is 0 Å². The van der Waals surface area contributed by atoms with Gasteiger partial charge in [0.2, 0.25) is 0 Å². The summed E-state index contributed by atoms with van der Waals surface area (Å²) in [4.78, 5) is 12.1. The van der Waals surface area contributed by atoms with Gasteiger partial charge in [-0.15, -0.1) is 0 Å². The Kier molecular flexibility index (Phi) is 1.54. The van der Waals surface area contributed by atoms with Crippen molar-refractivity contribution in [3.05, 3.63) is 12.2 Å².